The molecule has 0 aliphatic carbocycles. The second-order valence-electron chi connectivity index (χ2n) is 9.31. The van der Waals surface area contributed by atoms with E-state index in [1.807, 2.05) is 30.0 Å². The molecule has 1 unspecified atom stereocenters. The fraction of sp³-hybridized carbons (Fsp3) is 0.462. The Labute approximate surface area is 204 Å². The normalized spacial score (nSPS) is 22.0. The van der Waals surface area contributed by atoms with Gasteiger partial charge >= 0.3 is 6.03 Å². The lowest BCUT2D eigenvalue weighted by molar-refractivity contribution is -0.134. The Hall–Kier alpha value is -3.62. The summed E-state index contributed by atoms with van der Waals surface area (Å²) >= 11 is 0. The second-order valence-corrected chi connectivity index (χ2v) is 9.31. The van der Waals surface area contributed by atoms with Gasteiger partial charge in [-0.15, -0.1) is 0 Å². The van der Waals surface area contributed by atoms with Crippen LogP contribution in [0, 0.1) is 5.92 Å². The molecule has 5 rings (SSSR count). The van der Waals surface area contributed by atoms with E-state index in [1.54, 1.807) is 24.4 Å². The lowest BCUT2D eigenvalue weighted by Crippen LogP contribution is -2.56. The highest BCUT2D eigenvalue weighted by molar-refractivity contribution is 6.07. The Balaban J connectivity index is 1.25. The van der Waals surface area contributed by atoms with E-state index in [2.05, 4.69) is 10.3 Å². The number of pyridine rings is 1. The number of imide groups is 1. The van der Waals surface area contributed by atoms with Crippen LogP contribution in [0.15, 0.2) is 42.6 Å². The molecule has 2 fully saturated rings. The highest BCUT2D eigenvalue weighted by Gasteiger charge is 2.55. The van der Waals surface area contributed by atoms with Crippen molar-refractivity contribution in [2.45, 2.75) is 44.6 Å². The number of benzene rings is 1. The Morgan fingerprint density at radius 3 is 2.69 bits per heavy atom. The summed E-state index contributed by atoms with van der Waals surface area (Å²) < 4.78 is 10.7. The van der Waals surface area contributed by atoms with Crippen molar-refractivity contribution in [3.63, 3.8) is 0 Å². The van der Waals surface area contributed by atoms with Crippen LogP contribution in [0.25, 0.3) is 0 Å². The average molecular weight is 479 g/mol. The third-order valence-corrected chi connectivity index (χ3v) is 7.26. The van der Waals surface area contributed by atoms with Crippen LogP contribution < -0.4 is 14.8 Å². The summed E-state index contributed by atoms with van der Waals surface area (Å²) in [5.41, 5.74) is 0.488. The maximum atomic E-state index is 13.6. The number of hydrogen-bond donors (Lipinski definition) is 1. The number of carbonyl (C=O) groups is 3. The molecule has 2 aromatic rings. The number of piperidine rings is 1. The number of fused-ring (bicyclic) bond motifs is 1. The van der Waals surface area contributed by atoms with Gasteiger partial charge in [0.15, 0.2) is 11.5 Å². The Morgan fingerprint density at radius 2 is 1.94 bits per heavy atom. The van der Waals surface area contributed by atoms with Gasteiger partial charge in [-0.05, 0) is 55.5 Å². The predicted molar refractivity (Wildman–Crippen MR) is 127 cm³/mol. The van der Waals surface area contributed by atoms with Gasteiger partial charge in [-0.3, -0.25) is 19.5 Å². The van der Waals surface area contributed by atoms with Crippen molar-refractivity contribution in [1.82, 2.24) is 20.1 Å². The molecule has 1 atom stereocenters. The van der Waals surface area contributed by atoms with Crippen LogP contribution >= 0.6 is 0 Å². The van der Waals surface area contributed by atoms with E-state index in [1.165, 1.54) is 4.90 Å². The van der Waals surface area contributed by atoms with E-state index in [0.717, 1.165) is 12.1 Å². The van der Waals surface area contributed by atoms with Gasteiger partial charge in [-0.25, -0.2) is 4.79 Å². The minimum Gasteiger partial charge on any atom is -0.454 e. The molecule has 3 aliphatic rings. The van der Waals surface area contributed by atoms with Crippen molar-refractivity contribution >= 4 is 17.8 Å². The maximum absolute atomic E-state index is 13.6. The number of urea groups is 1. The van der Waals surface area contributed by atoms with Crippen molar-refractivity contribution in [3.8, 4) is 11.5 Å². The average Bonchev–Trinajstić information content (AvgIpc) is 3.45. The molecule has 0 spiro atoms. The largest absolute Gasteiger partial charge is 0.454 e. The third kappa shape index (κ3) is 4.31. The van der Waals surface area contributed by atoms with Crippen LogP contribution in [0.5, 0.6) is 11.5 Å². The fourth-order valence-corrected chi connectivity index (χ4v) is 5.45. The molecule has 0 saturated carbocycles. The number of likely N-dealkylation sites (tertiary alicyclic amines) is 1. The number of rotatable bonds is 7. The molecule has 1 aromatic carbocycles. The Kier molecular flexibility index (Phi) is 6.32. The molecule has 9 heteroatoms. The van der Waals surface area contributed by atoms with Gasteiger partial charge in [-0.2, -0.15) is 0 Å². The van der Waals surface area contributed by atoms with Crippen molar-refractivity contribution in [2.24, 2.45) is 5.92 Å². The molecule has 0 bridgehead atoms. The van der Waals surface area contributed by atoms with Crippen LogP contribution in [0.1, 0.15) is 48.7 Å². The number of carbonyl (C=O) groups excluding carboxylic acids is 3. The van der Waals surface area contributed by atoms with E-state index < -0.39 is 5.54 Å². The van der Waals surface area contributed by atoms with Crippen LogP contribution in [-0.2, 0) is 11.2 Å². The van der Waals surface area contributed by atoms with Crippen LogP contribution in [0.2, 0.25) is 0 Å². The first-order chi connectivity index (χ1) is 17.0. The standard InChI is InChI=1S/C26H30N4O5/c1-2-11-26(24(32)30(25(33)28-26)15-10-20-5-3-4-12-27-20)19-8-13-29(14-9-19)23(31)18-6-7-21-22(16-18)35-17-34-21/h3-7,12,16,19H,2,8-11,13-15,17H2,1H3,(H,28,33). The summed E-state index contributed by atoms with van der Waals surface area (Å²) in [6.07, 6.45) is 4.88. The number of aromatic nitrogens is 1. The highest BCUT2D eigenvalue weighted by Crippen LogP contribution is 2.38. The summed E-state index contributed by atoms with van der Waals surface area (Å²) in [5, 5.41) is 3.06. The molecule has 2 saturated heterocycles. The van der Waals surface area contributed by atoms with Crippen molar-refractivity contribution in [1.29, 1.82) is 0 Å². The summed E-state index contributed by atoms with van der Waals surface area (Å²) in [6.45, 7) is 3.54. The van der Waals surface area contributed by atoms with Crippen molar-refractivity contribution in [2.75, 3.05) is 26.4 Å². The third-order valence-electron chi connectivity index (χ3n) is 7.26. The van der Waals surface area contributed by atoms with Crippen LogP contribution in [0.3, 0.4) is 0 Å². The quantitative estimate of drug-likeness (QED) is 0.614. The Bertz CT molecular complexity index is 1120. The molecular weight excluding hydrogens is 448 g/mol. The summed E-state index contributed by atoms with van der Waals surface area (Å²) in [7, 11) is 0. The number of amides is 4. The molecule has 35 heavy (non-hydrogen) atoms. The van der Waals surface area contributed by atoms with E-state index >= 15 is 0 Å². The first-order valence-corrected chi connectivity index (χ1v) is 12.2. The minimum atomic E-state index is -0.913. The van der Waals surface area contributed by atoms with Gasteiger partial charge in [0.2, 0.25) is 6.79 Å². The van der Waals surface area contributed by atoms with Crippen LogP contribution in [-0.4, -0.2) is 64.6 Å². The molecule has 184 valence electrons. The topological polar surface area (TPSA) is 101 Å². The molecule has 9 nitrogen and oxygen atoms in total. The predicted octanol–water partition coefficient (Wildman–Crippen LogP) is 3.00. The molecule has 1 N–H and O–H groups in total. The van der Waals surface area contributed by atoms with Gasteiger partial charge in [0.05, 0.1) is 0 Å². The summed E-state index contributed by atoms with van der Waals surface area (Å²) in [4.78, 5) is 47.0. The van der Waals surface area contributed by atoms with Gasteiger partial charge in [0, 0.05) is 43.5 Å². The van der Waals surface area contributed by atoms with Gasteiger partial charge in [0.1, 0.15) is 5.54 Å². The first-order valence-electron chi connectivity index (χ1n) is 12.2. The zero-order chi connectivity index (χ0) is 24.4. The SMILES string of the molecule is CCCC1(C2CCN(C(=O)c3ccc4c(c3)OCO4)CC2)NC(=O)N(CCc2ccccn2)C1=O. The summed E-state index contributed by atoms with van der Waals surface area (Å²) in [6, 6.07) is 10.5. The minimum absolute atomic E-state index is 0.0282. The van der Waals surface area contributed by atoms with Crippen molar-refractivity contribution < 1.29 is 23.9 Å². The van der Waals surface area contributed by atoms with Gasteiger partial charge in [0.25, 0.3) is 11.8 Å². The highest BCUT2D eigenvalue weighted by atomic mass is 16.7. The zero-order valence-electron chi connectivity index (χ0n) is 19.9. The maximum Gasteiger partial charge on any atom is 0.325 e. The zero-order valence-corrected chi connectivity index (χ0v) is 19.9. The fourth-order valence-electron chi connectivity index (χ4n) is 5.45. The lowest BCUT2D eigenvalue weighted by Gasteiger charge is -2.41. The second kappa shape index (κ2) is 9.56. The Morgan fingerprint density at radius 1 is 1.14 bits per heavy atom. The molecule has 0 radical (unpaired) electrons. The van der Waals surface area contributed by atoms with Gasteiger partial charge in [-0.1, -0.05) is 19.4 Å². The summed E-state index contributed by atoms with van der Waals surface area (Å²) in [5.74, 6) is 0.980. The van der Waals surface area contributed by atoms with Gasteiger partial charge < -0.3 is 19.7 Å². The number of ether oxygens (including phenoxy) is 2. The van der Waals surface area contributed by atoms with Crippen molar-refractivity contribution in [3.05, 3.63) is 53.9 Å². The van der Waals surface area contributed by atoms with E-state index in [9.17, 15) is 14.4 Å². The molecule has 4 amide bonds. The molecule has 3 aliphatic heterocycles. The van der Waals surface area contributed by atoms with E-state index in [4.69, 9.17) is 9.47 Å². The lowest BCUT2D eigenvalue weighted by atomic mass is 9.74. The van der Waals surface area contributed by atoms with E-state index in [0.29, 0.717) is 62.4 Å². The number of nitrogens with zero attached hydrogens (tertiary/aromatic N) is 3. The molecular formula is C26H30N4O5. The van der Waals surface area contributed by atoms with Crippen LogP contribution in [0.4, 0.5) is 4.79 Å². The monoisotopic (exact) mass is 478 g/mol. The van der Waals surface area contributed by atoms with E-state index in [-0.39, 0.29) is 30.6 Å². The molecule has 1 aromatic heterocycles. The number of hydrogen-bond acceptors (Lipinski definition) is 6. The first kappa shape index (κ1) is 23.1. The smallest absolute Gasteiger partial charge is 0.325 e. The molecule has 4 heterocycles. The number of nitrogens with one attached hydrogen (secondary N) is 1.